The van der Waals surface area contributed by atoms with Gasteiger partial charge in [-0.25, -0.2) is 0 Å². The molecule has 0 unspecified atom stereocenters. The van der Waals surface area contributed by atoms with Crippen molar-refractivity contribution in [2.45, 2.75) is 0 Å². The van der Waals surface area contributed by atoms with Crippen molar-refractivity contribution in [2.75, 3.05) is 0 Å². The van der Waals surface area contributed by atoms with Crippen molar-refractivity contribution in [3.8, 4) is 0 Å². The molecular weight excluding hydrogens is 151 g/mol. The van der Waals surface area contributed by atoms with Gasteiger partial charge in [0.15, 0.2) is 0 Å². The molecule has 8 N–H and O–H groups in total. The fourth-order valence-electron chi connectivity index (χ4n) is 0. The molecule has 6 nitrogen and oxygen atoms in total. The van der Waals surface area contributed by atoms with E-state index in [2.05, 4.69) is 0 Å². The molecular formula is H8MnO6. The van der Waals surface area contributed by atoms with Gasteiger partial charge in [0, 0.05) is 0 Å². The zero-order chi connectivity index (χ0) is 2.71. The molecule has 0 aliphatic carbocycles. The number of hydrogen-bond donors (Lipinski definition) is 0. The summed E-state index contributed by atoms with van der Waals surface area (Å²) < 4.78 is 16.8. The van der Waals surface area contributed by atoms with Crippen molar-refractivity contribution >= 4 is 0 Å². The molecule has 0 aliphatic heterocycles. The van der Waals surface area contributed by atoms with Crippen LogP contribution in [0.25, 0.3) is 0 Å². The average Bonchev–Trinajstić information content (AvgIpc) is 0.918. The van der Waals surface area contributed by atoms with Gasteiger partial charge in [0.1, 0.15) is 0 Å². The first kappa shape index (κ1) is 64.4. The minimum absolute atomic E-state index is 0. The van der Waals surface area contributed by atoms with E-state index in [0.717, 1.165) is 0 Å². The van der Waals surface area contributed by atoms with E-state index >= 15 is 0 Å². The Labute approximate surface area is 45.3 Å². The van der Waals surface area contributed by atoms with Crippen molar-refractivity contribution in [2.24, 2.45) is 0 Å². The molecule has 51 valence electrons. The second kappa shape index (κ2) is 159. The molecule has 0 aromatic rings. The molecule has 0 aromatic carbocycles. The molecule has 0 aromatic heterocycles. The van der Waals surface area contributed by atoms with Gasteiger partial charge in [-0.05, 0) is 0 Å². The third-order valence-electron chi connectivity index (χ3n) is 0. The third kappa shape index (κ3) is 56900. The van der Waals surface area contributed by atoms with E-state index in [0.29, 0.717) is 0 Å². The topological polar surface area (TPSA) is 160 Å². The van der Waals surface area contributed by atoms with E-state index in [1.54, 1.807) is 0 Å². The average molecular weight is 159 g/mol. The van der Waals surface area contributed by atoms with Gasteiger partial charge in [0.25, 0.3) is 0 Å². The maximum atomic E-state index is 8.41. The number of rotatable bonds is 0. The quantitative estimate of drug-likeness (QED) is 0.335. The predicted molar refractivity (Wildman–Crippen MR) is 15.8 cm³/mol. The van der Waals surface area contributed by atoms with Crippen LogP contribution in [-0.2, 0) is 22.5 Å². The molecule has 0 fully saturated rings. The summed E-state index contributed by atoms with van der Waals surface area (Å²) in [5.41, 5.74) is 0. The van der Waals surface area contributed by atoms with Crippen LogP contribution in [0.1, 0.15) is 0 Å². The SMILES string of the molecule is O.O.O.O.[O]=[Mn]=[O]. The van der Waals surface area contributed by atoms with Gasteiger partial charge >= 0.3 is 22.5 Å². The van der Waals surface area contributed by atoms with E-state index in [4.69, 9.17) is 7.67 Å². The Kier molecular flexibility index (Phi) is 1460. The zero-order valence-electron chi connectivity index (χ0n) is 3.19. The van der Waals surface area contributed by atoms with Crippen molar-refractivity contribution in [1.29, 1.82) is 0 Å². The van der Waals surface area contributed by atoms with E-state index in [9.17, 15) is 0 Å². The first-order valence-electron chi connectivity index (χ1n) is 0.309. The van der Waals surface area contributed by atoms with Crippen molar-refractivity contribution in [3.05, 3.63) is 0 Å². The second-order valence-corrected chi connectivity index (χ2v) is 0.260. The van der Waals surface area contributed by atoms with Crippen molar-refractivity contribution in [1.82, 2.24) is 0 Å². The van der Waals surface area contributed by atoms with Crippen LogP contribution in [0, 0.1) is 0 Å². The summed E-state index contributed by atoms with van der Waals surface area (Å²) in [5, 5.41) is 0. The molecule has 0 bridgehead atoms. The van der Waals surface area contributed by atoms with Crippen LogP contribution in [0.15, 0.2) is 0 Å². The van der Waals surface area contributed by atoms with Gasteiger partial charge in [0.05, 0.1) is 0 Å². The van der Waals surface area contributed by atoms with Gasteiger partial charge < -0.3 is 21.9 Å². The molecule has 7 heteroatoms. The normalized spacial score (nSPS) is 1.71. The maximum absolute atomic E-state index is 8.41. The molecule has 0 spiro atoms. The number of hydrogen-bond acceptors (Lipinski definition) is 2. The van der Waals surface area contributed by atoms with Crippen LogP contribution in [0.2, 0.25) is 0 Å². The zero-order valence-corrected chi connectivity index (χ0v) is 4.37. The third-order valence-corrected chi connectivity index (χ3v) is 0. The summed E-state index contributed by atoms with van der Waals surface area (Å²) in [5.74, 6) is 0. The van der Waals surface area contributed by atoms with Gasteiger partial charge in [-0.3, -0.25) is 0 Å². The van der Waals surface area contributed by atoms with Crippen molar-refractivity contribution < 1.29 is 44.4 Å². The molecule has 0 saturated carbocycles. The molecule has 0 saturated heterocycles. The first-order valence-corrected chi connectivity index (χ1v) is 1.27. The summed E-state index contributed by atoms with van der Waals surface area (Å²) in [4.78, 5) is 0. The van der Waals surface area contributed by atoms with Gasteiger partial charge in [0.2, 0.25) is 0 Å². The summed E-state index contributed by atoms with van der Waals surface area (Å²) in [7, 11) is 0. The van der Waals surface area contributed by atoms with Crippen LogP contribution in [0.4, 0.5) is 0 Å². The Bertz CT molecular complexity index is 25.2. The summed E-state index contributed by atoms with van der Waals surface area (Å²) in [6.07, 6.45) is 0. The van der Waals surface area contributed by atoms with E-state index < -0.39 is 14.8 Å². The fourth-order valence-corrected chi connectivity index (χ4v) is 0. The standard InChI is InChI=1S/Mn.4H2O.2O/h;4*1H2;;. The van der Waals surface area contributed by atoms with Crippen LogP contribution in [-0.4, -0.2) is 21.9 Å². The Balaban J connectivity index is -0.00000000333. The molecule has 0 atom stereocenters. The Morgan fingerprint density at radius 3 is 0.714 bits per heavy atom. The molecule has 0 heterocycles. The Morgan fingerprint density at radius 1 is 0.714 bits per heavy atom. The molecule has 7 heavy (non-hydrogen) atoms. The molecule has 0 aliphatic rings. The van der Waals surface area contributed by atoms with Crippen LogP contribution >= 0.6 is 0 Å². The predicted octanol–water partition coefficient (Wildman–Crippen LogP) is -3.54. The molecule has 0 radical (unpaired) electrons. The molecule has 0 amide bonds. The Morgan fingerprint density at radius 2 is 0.714 bits per heavy atom. The summed E-state index contributed by atoms with van der Waals surface area (Å²) in [6, 6.07) is 0. The van der Waals surface area contributed by atoms with Gasteiger partial charge in [-0.2, -0.15) is 0 Å². The summed E-state index contributed by atoms with van der Waals surface area (Å²) >= 11 is -1.44. The molecule has 0 rings (SSSR count). The van der Waals surface area contributed by atoms with Gasteiger partial charge in [-0.1, -0.05) is 0 Å². The fraction of sp³-hybridized carbons (Fsp3) is 0. The van der Waals surface area contributed by atoms with Crippen LogP contribution in [0.3, 0.4) is 0 Å². The van der Waals surface area contributed by atoms with E-state index in [1.807, 2.05) is 0 Å². The first-order chi connectivity index (χ1) is 1.41. The van der Waals surface area contributed by atoms with Gasteiger partial charge in [-0.15, -0.1) is 0 Å². The van der Waals surface area contributed by atoms with E-state index in [1.165, 1.54) is 0 Å². The Hall–Kier alpha value is -0.0405. The monoisotopic (exact) mass is 159 g/mol. The minimum atomic E-state index is -1.44. The summed E-state index contributed by atoms with van der Waals surface area (Å²) in [6.45, 7) is 0. The van der Waals surface area contributed by atoms with E-state index in [-0.39, 0.29) is 21.9 Å². The van der Waals surface area contributed by atoms with Crippen LogP contribution in [0.5, 0.6) is 0 Å². The second-order valence-electron chi connectivity index (χ2n) is 0.0630. The van der Waals surface area contributed by atoms with Crippen LogP contribution < -0.4 is 0 Å². The van der Waals surface area contributed by atoms with Crippen molar-refractivity contribution in [3.63, 3.8) is 0 Å².